The molecule has 0 saturated carbocycles. The summed E-state index contributed by atoms with van der Waals surface area (Å²) in [5.74, 6) is 0. The minimum Gasteiger partial charge on any atom is -0.368 e. The monoisotopic (exact) mass is 186 g/mol. The van der Waals surface area contributed by atoms with Crippen molar-refractivity contribution in [3.63, 3.8) is 0 Å². The van der Waals surface area contributed by atoms with E-state index in [-0.39, 0.29) is 0 Å². The molecule has 1 atom stereocenters. The quantitative estimate of drug-likeness (QED) is 0.671. The first-order chi connectivity index (χ1) is 6.93. The second-order valence-corrected chi connectivity index (χ2v) is 3.36. The van der Waals surface area contributed by atoms with Crippen LogP contribution in [0.25, 0.3) is 5.69 Å². The van der Waals surface area contributed by atoms with E-state index in [2.05, 4.69) is 29.4 Å². The van der Waals surface area contributed by atoms with Gasteiger partial charge in [-0.3, -0.25) is 0 Å². The van der Waals surface area contributed by atoms with E-state index in [1.54, 1.807) is 6.20 Å². The largest absolute Gasteiger partial charge is 0.368 e. The van der Waals surface area contributed by atoms with Crippen molar-refractivity contribution < 1.29 is 4.74 Å². The summed E-state index contributed by atoms with van der Waals surface area (Å²) in [6, 6.07) is 10.2. The van der Waals surface area contributed by atoms with Gasteiger partial charge < -0.3 is 4.74 Å². The van der Waals surface area contributed by atoms with Crippen LogP contribution in [-0.2, 0) is 4.74 Å². The minimum absolute atomic E-state index is 0.335. The van der Waals surface area contributed by atoms with E-state index in [9.17, 15) is 0 Å². The summed E-state index contributed by atoms with van der Waals surface area (Å²) in [4.78, 5) is 0. The van der Waals surface area contributed by atoms with Crippen LogP contribution < -0.4 is 0 Å². The van der Waals surface area contributed by atoms with Crippen molar-refractivity contribution in [2.75, 3.05) is 6.61 Å². The molecule has 2 heterocycles. The first-order valence-electron chi connectivity index (χ1n) is 4.65. The predicted octanol–water partition coefficient (Wildman–Crippen LogP) is 1.94. The fourth-order valence-corrected chi connectivity index (χ4v) is 1.50. The first-order valence-corrected chi connectivity index (χ1v) is 4.65. The molecule has 1 aromatic carbocycles. The third-order valence-corrected chi connectivity index (χ3v) is 2.37. The van der Waals surface area contributed by atoms with Gasteiger partial charge >= 0.3 is 0 Å². The smallest absolute Gasteiger partial charge is 0.106 e. The van der Waals surface area contributed by atoms with Crippen LogP contribution in [0, 0.1) is 0 Å². The summed E-state index contributed by atoms with van der Waals surface area (Å²) in [6.45, 7) is 0.862. The van der Waals surface area contributed by atoms with Crippen LogP contribution in [0.1, 0.15) is 11.7 Å². The Kier molecular flexibility index (Phi) is 1.64. The van der Waals surface area contributed by atoms with Gasteiger partial charge in [-0.2, -0.15) is 5.10 Å². The molecular weight excluding hydrogens is 176 g/mol. The highest BCUT2D eigenvalue weighted by molar-refractivity contribution is 5.35. The molecule has 70 valence electrons. The zero-order chi connectivity index (χ0) is 9.38. The van der Waals surface area contributed by atoms with Gasteiger partial charge in [-0.25, -0.2) is 4.68 Å². The van der Waals surface area contributed by atoms with E-state index in [4.69, 9.17) is 4.74 Å². The normalized spacial score (nSPS) is 19.6. The summed E-state index contributed by atoms with van der Waals surface area (Å²) >= 11 is 0. The van der Waals surface area contributed by atoms with Crippen LogP contribution in [0.15, 0.2) is 42.7 Å². The maximum Gasteiger partial charge on any atom is 0.106 e. The molecule has 3 rings (SSSR count). The Bertz CT molecular complexity index is 415. The molecule has 0 bridgehead atoms. The molecule has 1 aromatic heterocycles. The predicted molar refractivity (Wildman–Crippen MR) is 52.3 cm³/mol. The van der Waals surface area contributed by atoms with Crippen LogP contribution in [0.4, 0.5) is 0 Å². The lowest BCUT2D eigenvalue weighted by atomic mass is 10.1. The Hall–Kier alpha value is -1.61. The highest BCUT2D eigenvalue weighted by atomic mass is 16.6. The van der Waals surface area contributed by atoms with E-state index in [0.717, 1.165) is 12.3 Å². The molecule has 14 heavy (non-hydrogen) atoms. The van der Waals surface area contributed by atoms with Crippen molar-refractivity contribution in [3.05, 3.63) is 48.3 Å². The summed E-state index contributed by atoms with van der Waals surface area (Å²) in [5.41, 5.74) is 2.33. The Morgan fingerprint density at radius 3 is 2.64 bits per heavy atom. The maximum absolute atomic E-state index is 5.20. The zero-order valence-corrected chi connectivity index (χ0v) is 7.63. The number of aromatic nitrogens is 2. The maximum atomic E-state index is 5.20. The number of hydrogen-bond donors (Lipinski definition) is 0. The fraction of sp³-hybridized carbons (Fsp3) is 0.182. The SMILES string of the molecule is c1cnn(-c2ccc([C@@H]3CO3)cc2)c1. The number of nitrogens with zero attached hydrogens (tertiary/aromatic N) is 2. The van der Waals surface area contributed by atoms with Gasteiger partial charge in [0.05, 0.1) is 12.3 Å². The second-order valence-electron chi connectivity index (χ2n) is 3.36. The number of epoxide rings is 1. The Morgan fingerprint density at radius 1 is 1.29 bits per heavy atom. The van der Waals surface area contributed by atoms with Crippen molar-refractivity contribution in [3.8, 4) is 5.69 Å². The van der Waals surface area contributed by atoms with Gasteiger partial charge in [0.1, 0.15) is 6.10 Å². The molecule has 0 amide bonds. The molecule has 1 saturated heterocycles. The first kappa shape index (κ1) is 7.76. The molecule has 0 spiro atoms. The Morgan fingerprint density at radius 2 is 2.07 bits per heavy atom. The molecule has 1 aliphatic heterocycles. The molecule has 3 nitrogen and oxygen atoms in total. The lowest BCUT2D eigenvalue weighted by Gasteiger charge is -2.01. The topological polar surface area (TPSA) is 30.4 Å². The van der Waals surface area contributed by atoms with Crippen LogP contribution in [-0.4, -0.2) is 16.4 Å². The minimum atomic E-state index is 0.335. The van der Waals surface area contributed by atoms with Crippen molar-refractivity contribution in [2.24, 2.45) is 0 Å². The van der Waals surface area contributed by atoms with Crippen LogP contribution in [0.2, 0.25) is 0 Å². The third-order valence-electron chi connectivity index (χ3n) is 2.37. The molecule has 1 fully saturated rings. The summed E-state index contributed by atoms with van der Waals surface area (Å²) in [7, 11) is 0. The lowest BCUT2D eigenvalue weighted by Crippen LogP contribution is -1.93. The van der Waals surface area contributed by atoms with E-state index in [1.807, 2.05) is 16.9 Å². The van der Waals surface area contributed by atoms with Crippen LogP contribution in [0.3, 0.4) is 0 Å². The van der Waals surface area contributed by atoms with E-state index < -0.39 is 0 Å². The van der Waals surface area contributed by atoms with Crippen molar-refractivity contribution >= 4 is 0 Å². The van der Waals surface area contributed by atoms with Crippen LogP contribution in [0.5, 0.6) is 0 Å². The van der Waals surface area contributed by atoms with E-state index in [0.29, 0.717) is 6.10 Å². The molecule has 2 aromatic rings. The lowest BCUT2D eigenvalue weighted by molar-refractivity contribution is 0.415. The number of ether oxygens (including phenoxy) is 1. The van der Waals surface area contributed by atoms with Gasteiger partial charge in [-0.05, 0) is 23.8 Å². The summed E-state index contributed by atoms with van der Waals surface area (Å²) in [5, 5.41) is 4.16. The summed E-state index contributed by atoms with van der Waals surface area (Å²) in [6.07, 6.45) is 4.04. The zero-order valence-electron chi connectivity index (χ0n) is 7.63. The van der Waals surface area contributed by atoms with Crippen molar-refractivity contribution in [1.29, 1.82) is 0 Å². The highest BCUT2D eigenvalue weighted by Gasteiger charge is 2.24. The van der Waals surface area contributed by atoms with Gasteiger partial charge in [0.25, 0.3) is 0 Å². The van der Waals surface area contributed by atoms with Gasteiger partial charge in [0.2, 0.25) is 0 Å². The van der Waals surface area contributed by atoms with E-state index >= 15 is 0 Å². The second kappa shape index (κ2) is 2.96. The highest BCUT2D eigenvalue weighted by Crippen LogP contribution is 2.29. The summed E-state index contributed by atoms with van der Waals surface area (Å²) < 4.78 is 7.05. The molecule has 0 radical (unpaired) electrons. The Labute approximate surface area is 81.9 Å². The third kappa shape index (κ3) is 1.32. The number of rotatable bonds is 2. The fourth-order valence-electron chi connectivity index (χ4n) is 1.50. The molecule has 0 aliphatic carbocycles. The average molecular weight is 186 g/mol. The van der Waals surface area contributed by atoms with Crippen LogP contribution >= 0.6 is 0 Å². The van der Waals surface area contributed by atoms with Gasteiger partial charge in [-0.15, -0.1) is 0 Å². The Balaban J connectivity index is 1.93. The molecule has 0 unspecified atom stereocenters. The molecule has 0 N–H and O–H groups in total. The molecular formula is C11H10N2O. The number of hydrogen-bond acceptors (Lipinski definition) is 2. The van der Waals surface area contributed by atoms with Gasteiger partial charge in [0, 0.05) is 12.4 Å². The molecule has 1 aliphatic rings. The van der Waals surface area contributed by atoms with E-state index in [1.165, 1.54) is 5.56 Å². The molecule has 3 heteroatoms. The van der Waals surface area contributed by atoms with Gasteiger partial charge in [0.15, 0.2) is 0 Å². The standard InChI is InChI=1S/C11H10N2O/c1-6-12-13(7-1)10-4-2-9(3-5-10)11-8-14-11/h1-7,11H,8H2/t11-/m0/s1. The van der Waals surface area contributed by atoms with Gasteiger partial charge in [-0.1, -0.05) is 12.1 Å². The number of benzene rings is 1. The van der Waals surface area contributed by atoms with Crippen molar-refractivity contribution in [1.82, 2.24) is 9.78 Å². The average Bonchev–Trinajstić information content (AvgIpc) is 2.94. The van der Waals surface area contributed by atoms with Crippen molar-refractivity contribution in [2.45, 2.75) is 6.10 Å².